The SMILES string of the molecule is CC(C)(CN=C(N)NCCCN1CCOCC1)c1ccc(Cl)cc1.I. The molecule has 1 saturated heterocycles. The number of hydrogen-bond donors (Lipinski definition) is 2. The van der Waals surface area contributed by atoms with Crippen LogP contribution in [-0.2, 0) is 10.2 Å². The zero-order valence-electron chi connectivity index (χ0n) is 15.1. The van der Waals surface area contributed by atoms with E-state index in [1.165, 1.54) is 5.56 Å². The molecule has 1 aromatic rings. The van der Waals surface area contributed by atoms with Crippen LogP contribution in [0.1, 0.15) is 25.8 Å². The number of rotatable bonds is 7. The minimum absolute atomic E-state index is 0. The maximum absolute atomic E-state index is 5.99. The first-order valence-electron chi connectivity index (χ1n) is 8.57. The average Bonchev–Trinajstić information content (AvgIpc) is 2.58. The minimum atomic E-state index is -0.0787. The fourth-order valence-corrected chi connectivity index (χ4v) is 2.80. The summed E-state index contributed by atoms with van der Waals surface area (Å²) in [5.74, 6) is 0.513. The molecule has 7 heteroatoms. The standard InChI is InChI=1S/C18H29ClN4O.HI/c1-18(2,15-4-6-16(19)7-5-15)14-22-17(20)21-8-3-9-23-10-12-24-13-11-23;/h4-7H,3,8-14H2,1-2H3,(H3,20,21,22);1H. The largest absolute Gasteiger partial charge is 0.379 e. The number of morpholine rings is 1. The first-order chi connectivity index (χ1) is 11.5. The predicted molar refractivity (Wildman–Crippen MR) is 116 cm³/mol. The molecule has 25 heavy (non-hydrogen) atoms. The van der Waals surface area contributed by atoms with Crippen molar-refractivity contribution in [3.8, 4) is 0 Å². The molecule has 0 saturated carbocycles. The summed E-state index contributed by atoms with van der Waals surface area (Å²) in [6.45, 7) is 10.6. The van der Waals surface area contributed by atoms with Crippen LogP contribution in [0.15, 0.2) is 29.3 Å². The molecule has 2 rings (SSSR count). The Kier molecular flexibility index (Phi) is 10.1. The Morgan fingerprint density at radius 1 is 1.28 bits per heavy atom. The lowest BCUT2D eigenvalue weighted by atomic mass is 9.85. The van der Waals surface area contributed by atoms with Gasteiger partial charge >= 0.3 is 0 Å². The van der Waals surface area contributed by atoms with Gasteiger partial charge in [0, 0.05) is 30.1 Å². The van der Waals surface area contributed by atoms with Crippen molar-refractivity contribution in [3.63, 3.8) is 0 Å². The molecule has 1 aliphatic heterocycles. The molecule has 1 aliphatic rings. The number of benzene rings is 1. The van der Waals surface area contributed by atoms with Gasteiger partial charge in [0.1, 0.15) is 0 Å². The number of nitrogens with one attached hydrogen (secondary N) is 1. The summed E-state index contributed by atoms with van der Waals surface area (Å²) in [6, 6.07) is 7.92. The summed E-state index contributed by atoms with van der Waals surface area (Å²) in [6.07, 6.45) is 1.05. The first-order valence-corrected chi connectivity index (χ1v) is 8.95. The molecule has 0 aromatic heterocycles. The summed E-state index contributed by atoms with van der Waals surface area (Å²) in [5, 5.41) is 3.95. The van der Waals surface area contributed by atoms with Gasteiger partial charge in [-0.05, 0) is 30.7 Å². The van der Waals surface area contributed by atoms with Crippen LogP contribution < -0.4 is 11.1 Å². The van der Waals surface area contributed by atoms with E-state index < -0.39 is 0 Å². The van der Waals surface area contributed by atoms with Gasteiger partial charge in [0.15, 0.2) is 5.96 Å². The third-order valence-electron chi connectivity index (χ3n) is 4.33. The second-order valence-electron chi connectivity index (χ2n) is 6.83. The van der Waals surface area contributed by atoms with E-state index in [0.29, 0.717) is 12.5 Å². The van der Waals surface area contributed by atoms with E-state index in [4.69, 9.17) is 22.1 Å². The number of hydrogen-bond acceptors (Lipinski definition) is 3. The number of guanidine groups is 1. The lowest BCUT2D eigenvalue weighted by Gasteiger charge is -2.26. The van der Waals surface area contributed by atoms with Crippen LogP contribution in [0.25, 0.3) is 0 Å². The fourth-order valence-electron chi connectivity index (χ4n) is 2.67. The van der Waals surface area contributed by atoms with E-state index in [1.54, 1.807) is 0 Å². The maximum atomic E-state index is 5.99. The summed E-state index contributed by atoms with van der Waals surface area (Å²) in [5.41, 5.74) is 7.11. The Morgan fingerprint density at radius 2 is 1.92 bits per heavy atom. The highest BCUT2D eigenvalue weighted by atomic mass is 127. The summed E-state index contributed by atoms with van der Waals surface area (Å²) < 4.78 is 5.35. The third kappa shape index (κ3) is 8.11. The van der Waals surface area contributed by atoms with Crippen LogP contribution in [0.5, 0.6) is 0 Å². The van der Waals surface area contributed by atoms with Gasteiger partial charge in [0.2, 0.25) is 0 Å². The number of ether oxygens (including phenoxy) is 1. The molecule has 0 radical (unpaired) electrons. The van der Waals surface area contributed by atoms with Gasteiger partial charge in [-0.15, -0.1) is 24.0 Å². The molecule has 5 nitrogen and oxygen atoms in total. The van der Waals surface area contributed by atoms with E-state index in [1.807, 2.05) is 24.3 Å². The summed E-state index contributed by atoms with van der Waals surface area (Å²) in [7, 11) is 0. The summed E-state index contributed by atoms with van der Waals surface area (Å²) >= 11 is 5.95. The van der Waals surface area contributed by atoms with Crippen molar-refractivity contribution in [2.24, 2.45) is 10.7 Å². The smallest absolute Gasteiger partial charge is 0.188 e. The Labute approximate surface area is 173 Å². The van der Waals surface area contributed by atoms with E-state index in [0.717, 1.165) is 50.8 Å². The number of aliphatic imine (C=N–C) groups is 1. The monoisotopic (exact) mass is 480 g/mol. The van der Waals surface area contributed by atoms with Crippen LogP contribution in [0.3, 0.4) is 0 Å². The first kappa shape index (κ1) is 22.5. The molecule has 0 unspecified atom stereocenters. The van der Waals surface area contributed by atoms with Gasteiger partial charge in [0.05, 0.1) is 19.8 Å². The number of halogens is 2. The van der Waals surface area contributed by atoms with Gasteiger partial charge < -0.3 is 15.8 Å². The van der Waals surface area contributed by atoms with Gasteiger partial charge in [-0.25, -0.2) is 0 Å². The van der Waals surface area contributed by atoms with Crippen molar-refractivity contribution >= 4 is 41.5 Å². The molecule has 3 N–H and O–H groups in total. The molecule has 142 valence electrons. The van der Waals surface area contributed by atoms with Gasteiger partial charge in [-0.2, -0.15) is 0 Å². The normalized spacial score (nSPS) is 16.4. The molecule has 1 fully saturated rings. The quantitative estimate of drug-likeness (QED) is 0.273. The lowest BCUT2D eigenvalue weighted by molar-refractivity contribution is 0.0376. The maximum Gasteiger partial charge on any atom is 0.188 e. The molecule has 0 atom stereocenters. The van der Waals surface area contributed by atoms with Crippen molar-refractivity contribution in [3.05, 3.63) is 34.9 Å². The molecular formula is C18H30ClIN4O. The minimum Gasteiger partial charge on any atom is -0.379 e. The molecule has 0 bridgehead atoms. The van der Waals surface area contributed by atoms with E-state index in [2.05, 4.69) is 29.1 Å². The number of nitrogens with zero attached hydrogens (tertiary/aromatic N) is 2. The second kappa shape index (κ2) is 11.2. The highest BCUT2D eigenvalue weighted by Gasteiger charge is 2.20. The van der Waals surface area contributed by atoms with Gasteiger partial charge in [-0.3, -0.25) is 9.89 Å². The topological polar surface area (TPSA) is 62.9 Å². The van der Waals surface area contributed by atoms with Crippen LogP contribution in [0.4, 0.5) is 0 Å². The highest BCUT2D eigenvalue weighted by molar-refractivity contribution is 14.0. The van der Waals surface area contributed by atoms with E-state index in [9.17, 15) is 0 Å². The van der Waals surface area contributed by atoms with Crippen molar-refractivity contribution in [1.29, 1.82) is 0 Å². The van der Waals surface area contributed by atoms with E-state index in [-0.39, 0.29) is 29.4 Å². The molecule has 1 aromatic carbocycles. The molecule has 0 amide bonds. The third-order valence-corrected chi connectivity index (χ3v) is 4.58. The zero-order valence-corrected chi connectivity index (χ0v) is 18.2. The second-order valence-corrected chi connectivity index (χ2v) is 7.26. The van der Waals surface area contributed by atoms with E-state index >= 15 is 0 Å². The molecular weight excluding hydrogens is 451 g/mol. The highest BCUT2D eigenvalue weighted by Crippen LogP contribution is 2.24. The Morgan fingerprint density at radius 3 is 2.56 bits per heavy atom. The van der Waals surface area contributed by atoms with Crippen LogP contribution >= 0.6 is 35.6 Å². The predicted octanol–water partition coefficient (Wildman–Crippen LogP) is 2.86. The number of nitrogens with two attached hydrogens (primary N) is 1. The molecule has 0 spiro atoms. The molecule has 1 heterocycles. The Balaban J connectivity index is 0.00000312. The van der Waals surface area contributed by atoms with Gasteiger partial charge in [0.25, 0.3) is 0 Å². The van der Waals surface area contributed by atoms with Crippen molar-refractivity contribution in [2.45, 2.75) is 25.7 Å². The van der Waals surface area contributed by atoms with Crippen LogP contribution in [0.2, 0.25) is 5.02 Å². The zero-order chi connectivity index (χ0) is 17.4. The lowest BCUT2D eigenvalue weighted by Crippen LogP contribution is -2.39. The fraction of sp³-hybridized carbons (Fsp3) is 0.611. The molecule has 0 aliphatic carbocycles. The van der Waals surface area contributed by atoms with Crippen LogP contribution in [-0.4, -0.2) is 56.8 Å². The van der Waals surface area contributed by atoms with Crippen molar-refractivity contribution in [2.75, 3.05) is 45.9 Å². The average molecular weight is 481 g/mol. The Hall–Kier alpha value is -0.570. The van der Waals surface area contributed by atoms with Gasteiger partial charge in [-0.1, -0.05) is 37.6 Å². The Bertz CT molecular complexity index is 530. The van der Waals surface area contributed by atoms with Crippen LogP contribution in [0, 0.1) is 0 Å². The van der Waals surface area contributed by atoms with Crippen molar-refractivity contribution < 1.29 is 4.74 Å². The summed E-state index contributed by atoms with van der Waals surface area (Å²) in [4.78, 5) is 6.91. The van der Waals surface area contributed by atoms with Crippen molar-refractivity contribution in [1.82, 2.24) is 10.2 Å².